The predicted molar refractivity (Wildman–Crippen MR) is 46.2 cm³/mol. The summed E-state index contributed by atoms with van der Waals surface area (Å²) in [5.74, 6) is -0.0909. The van der Waals surface area contributed by atoms with E-state index in [4.69, 9.17) is 5.73 Å². The van der Waals surface area contributed by atoms with Crippen LogP contribution in [0.5, 0.6) is 0 Å². The van der Waals surface area contributed by atoms with Crippen LogP contribution < -0.4 is 11.1 Å². The summed E-state index contributed by atoms with van der Waals surface area (Å²) < 4.78 is 0. The first-order valence-electron chi connectivity index (χ1n) is 3.97. The first-order valence-corrected chi connectivity index (χ1v) is 3.97. The van der Waals surface area contributed by atoms with Gasteiger partial charge in [0.1, 0.15) is 0 Å². The Morgan fingerprint density at radius 2 is 2.09 bits per heavy atom. The molecule has 0 aliphatic rings. The maximum atomic E-state index is 11.2. The molecule has 3 nitrogen and oxygen atoms in total. The summed E-state index contributed by atoms with van der Waals surface area (Å²) in [5, 5.41) is 2.81. The van der Waals surface area contributed by atoms with Crippen LogP contribution in [0.15, 0.2) is 0 Å². The number of amides is 1. The van der Waals surface area contributed by atoms with Crippen molar-refractivity contribution >= 4 is 5.91 Å². The van der Waals surface area contributed by atoms with Crippen molar-refractivity contribution in [3.63, 3.8) is 0 Å². The molecule has 0 aliphatic heterocycles. The van der Waals surface area contributed by atoms with Gasteiger partial charge in [0, 0.05) is 6.04 Å². The first kappa shape index (κ1) is 10.4. The molecule has 0 aromatic rings. The van der Waals surface area contributed by atoms with Crippen LogP contribution in [0.2, 0.25) is 0 Å². The Morgan fingerprint density at radius 1 is 1.64 bits per heavy atom. The molecule has 0 saturated carbocycles. The molecule has 1 atom stereocenters. The van der Waals surface area contributed by atoms with Gasteiger partial charge >= 0.3 is 0 Å². The number of hydrogen-bond acceptors (Lipinski definition) is 2. The Bertz CT molecular complexity index is 138. The van der Waals surface area contributed by atoms with Gasteiger partial charge in [-0.15, -0.1) is 0 Å². The maximum Gasteiger partial charge on any atom is 0.239 e. The standard InChI is InChI=1S/C8H18N2O/c1-5-6(2)10-7(11)8(3,4)9/h6H,5,9H2,1-4H3,(H,10,11)/t6-/m0/s1. The highest BCUT2D eigenvalue weighted by Gasteiger charge is 2.22. The maximum absolute atomic E-state index is 11.2. The first-order chi connectivity index (χ1) is 4.88. The minimum atomic E-state index is -0.760. The molecule has 0 rings (SSSR count). The van der Waals surface area contributed by atoms with E-state index in [0.717, 1.165) is 6.42 Å². The van der Waals surface area contributed by atoms with E-state index in [-0.39, 0.29) is 11.9 Å². The molecule has 0 aromatic carbocycles. The molecule has 0 aliphatic carbocycles. The second-order valence-corrected chi connectivity index (χ2v) is 3.50. The van der Waals surface area contributed by atoms with Crippen molar-refractivity contribution in [2.24, 2.45) is 5.73 Å². The van der Waals surface area contributed by atoms with Crippen LogP contribution in [-0.2, 0) is 4.79 Å². The second-order valence-electron chi connectivity index (χ2n) is 3.50. The number of hydrogen-bond donors (Lipinski definition) is 2. The van der Waals surface area contributed by atoms with Crippen molar-refractivity contribution < 1.29 is 4.79 Å². The molecule has 0 aromatic heterocycles. The molecular weight excluding hydrogens is 140 g/mol. The topological polar surface area (TPSA) is 55.1 Å². The summed E-state index contributed by atoms with van der Waals surface area (Å²) in [6, 6.07) is 0.213. The lowest BCUT2D eigenvalue weighted by molar-refractivity contribution is -0.125. The van der Waals surface area contributed by atoms with Crippen molar-refractivity contribution in [1.82, 2.24) is 5.32 Å². The highest BCUT2D eigenvalue weighted by atomic mass is 16.2. The molecule has 0 bridgehead atoms. The van der Waals surface area contributed by atoms with E-state index in [1.165, 1.54) is 0 Å². The zero-order chi connectivity index (χ0) is 9.07. The van der Waals surface area contributed by atoms with Gasteiger partial charge in [-0.05, 0) is 27.2 Å². The van der Waals surface area contributed by atoms with Gasteiger partial charge in [0.15, 0.2) is 0 Å². The van der Waals surface area contributed by atoms with Gasteiger partial charge in [-0.2, -0.15) is 0 Å². The lowest BCUT2D eigenvalue weighted by Crippen LogP contribution is -2.51. The molecular formula is C8H18N2O. The summed E-state index contributed by atoms with van der Waals surface area (Å²) in [7, 11) is 0. The lowest BCUT2D eigenvalue weighted by atomic mass is 10.1. The molecule has 0 unspecified atom stereocenters. The van der Waals surface area contributed by atoms with Crippen LogP contribution in [0.25, 0.3) is 0 Å². The quantitative estimate of drug-likeness (QED) is 0.633. The van der Waals surface area contributed by atoms with Crippen LogP contribution in [0.4, 0.5) is 0 Å². The number of nitrogens with two attached hydrogens (primary N) is 1. The Kier molecular flexibility index (Phi) is 3.52. The third kappa shape index (κ3) is 3.98. The Balaban J connectivity index is 3.88. The smallest absolute Gasteiger partial charge is 0.239 e. The Hall–Kier alpha value is -0.570. The summed E-state index contributed by atoms with van der Waals surface area (Å²) in [6.07, 6.45) is 0.932. The number of carbonyl (C=O) groups is 1. The molecule has 0 saturated heterocycles. The molecule has 66 valence electrons. The fraction of sp³-hybridized carbons (Fsp3) is 0.875. The minimum Gasteiger partial charge on any atom is -0.352 e. The van der Waals surface area contributed by atoms with E-state index in [2.05, 4.69) is 5.32 Å². The van der Waals surface area contributed by atoms with Crippen molar-refractivity contribution in [3.8, 4) is 0 Å². The van der Waals surface area contributed by atoms with Crippen molar-refractivity contribution in [3.05, 3.63) is 0 Å². The van der Waals surface area contributed by atoms with Gasteiger partial charge < -0.3 is 11.1 Å². The highest BCUT2D eigenvalue weighted by Crippen LogP contribution is 1.98. The monoisotopic (exact) mass is 158 g/mol. The summed E-state index contributed by atoms with van der Waals surface area (Å²) in [6.45, 7) is 7.38. The zero-order valence-corrected chi connectivity index (χ0v) is 7.77. The minimum absolute atomic E-state index is 0.0909. The summed E-state index contributed by atoms with van der Waals surface area (Å²) >= 11 is 0. The SMILES string of the molecule is CC[C@H](C)NC(=O)C(C)(C)N. The van der Waals surface area contributed by atoms with Gasteiger partial charge in [-0.25, -0.2) is 0 Å². The van der Waals surface area contributed by atoms with E-state index in [0.29, 0.717) is 0 Å². The van der Waals surface area contributed by atoms with Gasteiger partial charge in [0.05, 0.1) is 5.54 Å². The van der Waals surface area contributed by atoms with Gasteiger partial charge in [0.2, 0.25) is 5.91 Å². The fourth-order valence-electron chi connectivity index (χ4n) is 0.512. The van der Waals surface area contributed by atoms with Crippen LogP contribution in [0.1, 0.15) is 34.1 Å². The van der Waals surface area contributed by atoms with Crippen LogP contribution in [-0.4, -0.2) is 17.5 Å². The van der Waals surface area contributed by atoms with Crippen molar-refractivity contribution in [2.75, 3.05) is 0 Å². The molecule has 0 heterocycles. The molecule has 3 N–H and O–H groups in total. The average Bonchev–Trinajstić information content (AvgIpc) is 1.85. The molecule has 1 amide bonds. The number of nitrogens with one attached hydrogen (secondary N) is 1. The van der Waals surface area contributed by atoms with Crippen LogP contribution in [0, 0.1) is 0 Å². The van der Waals surface area contributed by atoms with Crippen LogP contribution in [0.3, 0.4) is 0 Å². The summed E-state index contributed by atoms with van der Waals surface area (Å²) in [5.41, 5.74) is 4.81. The molecule has 3 heteroatoms. The Morgan fingerprint density at radius 3 is 2.36 bits per heavy atom. The van der Waals surface area contributed by atoms with E-state index in [1.807, 2.05) is 13.8 Å². The van der Waals surface area contributed by atoms with Gasteiger partial charge in [0.25, 0.3) is 0 Å². The normalized spacial score (nSPS) is 14.3. The zero-order valence-electron chi connectivity index (χ0n) is 7.77. The van der Waals surface area contributed by atoms with Crippen LogP contribution >= 0.6 is 0 Å². The largest absolute Gasteiger partial charge is 0.352 e. The second kappa shape index (κ2) is 3.72. The van der Waals surface area contributed by atoms with E-state index < -0.39 is 5.54 Å². The number of carbonyl (C=O) groups excluding carboxylic acids is 1. The Labute approximate surface area is 68.3 Å². The third-order valence-corrected chi connectivity index (χ3v) is 1.58. The summed E-state index contributed by atoms with van der Waals surface area (Å²) in [4.78, 5) is 11.2. The van der Waals surface area contributed by atoms with Gasteiger partial charge in [-0.1, -0.05) is 6.92 Å². The van der Waals surface area contributed by atoms with Gasteiger partial charge in [-0.3, -0.25) is 4.79 Å². The molecule has 0 spiro atoms. The third-order valence-electron chi connectivity index (χ3n) is 1.58. The average molecular weight is 158 g/mol. The van der Waals surface area contributed by atoms with Crippen molar-refractivity contribution in [1.29, 1.82) is 0 Å². The molecule has 0 fully saturated rings. The molecule has 11 heavy (non-hydrogen) atoms. The van der Waals surface area contributed by atoms with E-state index in [9.17, 15) is 4.79 Å². The lowest BCUT2D eigenvalue weighted by Gasteiger charge is -2.20. The van der Waals surface area contributed by atoms with E-state index in [1.54, 1.807) is 13.8 Å². The van der Waals surface area contributed by atoms with Crippen molar-refractivity contribution in [2.45, 2.75) is 45.7 Å². The highest BCUT2D eigenvalue weighted by molar-refractivity contribution is 5.85. The van der Waals surface area contributed by atoms with E-state index >= 15 is 0 Å². The predicted octanol–water partition coefficient (Wildman–Crippen LogP) is 0.638. The molecule has 0 radical (unpaired) electrons. The number of rotatable bonds is 3. The fourth-order valence-corrected chi connectivity index (χ4v) is 0.512.